The Bertz CT molecular complexity index is 1540. The van der Waals surface area contributed by atoms with Crippen LogP contribution in [-0.2, 0) is 42.4 Å². The number of aliphatic hydroxyl groups is 1. The Hall–Kier alpha value is -2.10. The van der Waals surface area contributed by atoms with Gasteiger partial charge >= 0.3 is 12.1 Å². The summed E-state index contributed by atoms with van der Waals surface area (Å²) in [4.78, 5) is 29.1. The maximum Gasteiger partial charge on any atom is 0.508 e. The lowest BCUT2D eigenvalue weighted by Gasteiger charge is -2.53. The van der Waals surface area contributed by atoms with E-state index in [9.17, 15) is 14.7 Å². The van der Waals surface area contributed by atoms with Crippen LogP contribution in [-0.4, -0.2) is 112 Å². The molecule has 0 radical (unpaired) electrons. The molecule has 60 heavy (non-hydrogen) atoms. The van der Waals surface area contributed by atoms with Gasteiger partial charge in [0.05, 0.1) is 55.2 Å². The molecule has 3 aliphatic rings. The van der Waals surface area contributed by atoms with E-state index >= 15 is 0 Å². The van der Waals surface area contributed by atoms with Gasteiger partial charge in [0.1, 0.15) is 6.10 Å². The number of likely N-dealkylation sites (N-methyl/N-ethyl adjacent to an activating group) is 1. The van der Waals surface area contributed by atoms with Crippen molar-refractivity contribution in [2.24, 2.45) is 29.6 Å². The molecular formula is C47H81NO11Si. The summed E-state index contributed by atoms with van der Waals surface area (Å²) in [6.07, 6.45) is -5.12. The minimum Gasteiger partial charge on any atom is -0.462 e. The van der Waals surface area contributed by atoms with Gasteiger partial charge in [-0.15, -0.1) is 0 Å². The Labute approximate surface area is 363 Å². The average Bonchev–Trinajstić information content (AvgIpc) is 3.19. The molecule has 0 aromatic heterocycles. The van der Waals surface area contributed by atoms with Crippen LogP contribution >= 0.6 is 0 Å². The number of cyclic esters (lactones) is 1. The first-order chi connectivity index (χ1) is 28.1. The average molecular weight is 864 g/mol. The van der Waals surface area contributed by atoms with Gasteiger partial charge in [0.15, 0.2) is 27.0 Å². The lowest BCUT2D eigenvalue weighted by atomic mass is 9.73. The van der Waals surface area contributed by atoms with Crippen molar-refractivity contribution in [3.8, 4) is 0 Å². The van der Waals surface area contributed by atoms with Gasteiger partial charge in [-0.2, -0.15) is 0 Å². The third-order valence-electron chi connectivity index (χ3n) is 14.4. The van der Waals surface area contributed by atoms with Gasteiger partial charge in [-0.05, 0) is 110 Å². The van der Waals surface area contributed by atoms with Gasteiger partial charge < -0.3 is 47.6 Å². The third kappa shape index (κ3) is 11.0. The normalized spacial score (nSPS) is 38.5. The number of nitrogens with zero attached hydrogens (tertiary/aromatic N) is 1. The van der Waals surface area contributed by atoms with Crippen LogP contribution in [0.15, 0.2) is 12.1 Å². The van der Waals surface area contributed by atoms with E-state index in [0.29, 0.717) is 19.3 Å². The molecule has 0 saturated carbocycles. The first-order valence-corrected chi connectivity index (χ1v) is 25.3. The summed E-state index contributed by atoms with van der Waals surface area (Å²) < 4.78 is 53.1. The first-order valence-electron chi connectivity index (χ1n) is 22.8. The Morgan fingerprint density at radius 1 is 0.900 bits per heavy atom. The molecule has 0 aliphatic carbocycles. The number of carbonyl (C=O) groups excluding carboxylic acids is 2. The predicted molar refractivity (Wildman–Crippen MR) is 235 cm³/mol. The second-order valence-electron chi connectivity index (χ2n) is 19.1. The summed E-state index contributed by atoms with van der Waals surface area (Å²) in [5, 5.41) is 12.4. The van der Waals surface area contributed by atoms with Crippen molar-refractivity contribution in [3.63, 3.8) is 0 Å². The van der Waals surface area contributed by atoms with Gasteiger partial charge in [0.25, 0.3) is 0 Å². The zero-order valence-corrected chi connectivity index (χ0v) is 41.0. The Morgan fingerprint density at radius 3 is 2.02 bits per heavy atom. The quantitative estimate of drug-likeness (QED) is 0.168. The van der Waals surface area contributed by atoms with E-state index in [-0.39, 0.29) is 42.1 Å². The van der Waals surface area contributed by atoms with Crippen molar-refractivity contribution in [2.45, 2.75) is 201 Å². The summed E-state index contributed by atoms with van der Waals surface area (Å²) in [6.45, 7) is 29.2. The summed E-state index contributed by atoms with van der Waals surface area (Å²) >= 11 is 0. The van der Waals surface area contributed by atoms with Crippen molar-refractivity contribution in [3.05, 3.63) is 34.4 Å². The zero-order chi connectivity index (χ0) is 45.0. The highest BCUT2D eigenvalue weighted by atomic mass is 28.4. The zero-order valence-electron chi connectivity index (χ0n) is 40.0. The summed E-state index contributed by atoms with van der Waals surface area (Å²) in [5.41, 5.74) is 3.34. The SMILES string of the molecule is CC[C@H]1OC(=O)[C@H](C)[C@@H](O)[C@H](C)[C@@H](O[C@@H]2O[C@H](C)C[C@H](N(C)C)[C@H]2OC(=O)OC)[C@](C)(O[Si](CC)(CC)CC)C[C@@H](C)[C@@H]2O[C@@H](c3c(C)cc(C)cc3C)O[C@H]([C@H]2C)[C@H]1C. The molecule has 12 nitrogen and oxygen atoms in total. The highest BCUT2D eigenvalue weighted by Crippen LogP contribution is 2.47. The number of aliphatic hydroxyl groups excluding tert-OH is 1. The molecule has 13 heteroatoms. The Kier molecular flexibility index (Phi) is 17.7. The topological polar surface area (TPSA) is 131 Å². The van der Waals surface area contributed by atoms with E-state index in [1.807, 2.05) is 39.8 Å². The summed E-state index contributed by atoms with van der Waals surface area (Å²) in [6, 6.07) is 6.70. The van der Waals surface area contributed by atoms with E-state index < -0.39 is 74.9 Å². The molecule has 344 valence electrons. The number of ether oxygens (including phenoxy) is 7. The van der Waals surface area contributed by atoms with Crippen LogP contribution in [0.3, 0.4) is 0 Å². The Balaban J connectivity index is 1.97. The lowest BCUT2D eigenvalue weighted by molar-refractivity contribution is -0.308. The predicted octanol–water partition coefficient (Wildman–Crippen LogP) is 9.04. The van der Waals surface area contributed by atoms with Crippen LogP contribution in [0.4, 0.5) is 4.79 Å². The fraction of sp³-hybridized carbons (Fsp3) is 0.830. The summed E-state index contributed by atoms with van der Waals surface area (Å²) in [5.74, 6) is -2.44. The monoisotopic (exact) mass is 864 g/mol. The maximum atomic E-state index is 14.2. The molecule has 1 N–H and O–H groups in total. The summed E-state index contributed by atoms with van der Waals surface area (Å²) in [7, 11) is 2.72. The smallest absolute Gasteiger partial charge is 0.462 e. The number of methoxy groups -OCH3 is 1. The van der Waals surface area contributed by atoms with E-state index in [4.69, 9.17) is 37.6 Å². The molecule has 1 aromatic rings. The number of aryl methyl sites for hydroxylation is 3. The molecule has 3 saturated heterocycles. The standard InChI is InChI=1S/C47H81NO11Si/c1-18-36-31(10)40-34(13)39(55-44(56-40)37-27(6)22-26(5)23-28(37)7)29(8)25-47(14,59-60(19-2,20-3)21-4)42(32(11)38(49)33(12)43(50)54-36)58-45-41(57-46(51)52-17)35(48(15)16)24-30(9)53-45/h22-23,29-36,38-42,44-45,49H,18-21,24-25H2,1-17H3/t29-,30-,31+,32+,33-,34+,35+,36-,38+,39+,40+,41-,42-,44-,45+,47-/m1/s1. The molecular weight excluding hydrogens is 783 g/mol. The minimum absolute atomic E-state index is 0.0937. The van der Waals surface area contributed by atoms with Crippen LogP contribution in [0.1, 0.15) is 124 Å². The van der Waals surface area contributed by atoms with E-state index in [1.165, 1.54) is 12.7 Å². The third-order valence-corrected chi connectivity index (χ3v) is 19.2. The second kappa shape index (κ2) is 21.1. The molecule has 2 bridgehead atoms. The van der Waals surface area contributed by atoms with Crippen LogP contribution in [0.25, 0.3) is 0 Å². The van der Waals surface area contributed by atoms with Crippen molar-refractivity contribution in [1.82, 2.24) is 4.90 Å². The lowest BCUT2D eigenvalue weighted by Crippen LogP contribution is -2.63. The molecule has 0 spiro atoms. The molecule has 1 aromatic carbocycles. The number of hydrogen-bond acceptors (Lipinski definition) is 12. The van der Waals surface area contributed by atoms with Gasteiger partial charge in [0, 0.05) is 23.3 Å². The molecule has 3 fully saturated rings. The number of fused-ring (bicyclic) bond motifs is 2. The number of hydrogen-bond donors (Lipinski definition) is 1. The number of benzene rings is 1. The number of rotatable bonds is 11. The molecule has 16 atom stereocenters. The maximum absolute atomic E-state index is 14.2. The molecule has 4 rings (SSSR count). The van der Waals surface area contributed by atoms with Gasteiger partial charge in [0.2, 0.25) is 0 Å². The molecule has 3 aliphatic heterocycles. The fourth-order valence-electron chi connectivity index (χ4n) is 10.8. The van der Waals surface area contributed by atoms with Crippen molar-refractivity contribution in [2.75, 3.05) is 21.2 Å². The van der Waals surface area contributed by atoms with Crippen molar-refractivity contribution < 1.29 is 52.3 Å². The number of carbonyl (C=O) groups is 2. The van der Waals surface area contributed by atoms with E-state index in [1.54, 1.807) is 6.92 Å². The fourth-order valence-corrected chi connectivity index (χ4v) is 14.0. The van der Waals surface area contributed by atoms with Crippen molar-refractivity contribution in [1.29, 1.82) is 0 Å². The Morgan fingerprint density at radius 2 is 1.48 bits per heavy atom. The highest BCUT2D eigenvalue weighted by Gasteiger charge is 2.55. The molecule has 0 amide bonds. The van der Waals surface area contributed by atoms with Gasteiger partial charge in [-0.1, -0.05) is 73.1 Å². The van der Waals surface area contributed by atoms with Gasteiger partial charge in [-0.3, -0.25) is 4.79 Å². The van der Waals surface area contributed by atoms with E-state index in [2.05, 4.69) is 81.4 Å². The number of esters is 1. The largest absolute Gasteiger partial charge is 0.508 e. The van der Waals surface area contributed by atoms with Crippen LogP contribution in [0, 0.1) is 50.4 Å². The van der Waals surface area contributed by atoms with Crippen molar-refractivity contribution >= 4 is 20.4 Å². The van der Waals surface area contributed by atoms with Crippen LogP contribution < -0.4 is 0 Å². The second-order valence-corrected chi connectivity index (χ2v) is 23.8. The minimum atomic E-state index is -2.43. The highest BCUT2D eigenvalue weighted by molar-refractivity contribution is 6.73. The van der Waals surface area contributed by atoms with Crippen LogP contribution in [0.2, 0.25) is 18.1 Å². The van der Waals surface area contributed by atoms with Crippen LogP contribution in [0.5, 0.6) is 0 Å². The van der Waals surface area contributed by atoms with E-state index in [0.717, 1.165) is 34.8 Å². The first kappa shape index (κ1) is 50.5. The molecule has 3 heterocycles. The van der Waals surface area contributed by atoms with Gasteiger partial charge in [-0.25, -0.2) is 4.79 Å². The molecule has 0 unspecified atom stereocenters.